The van der Waals surface area contributed by atoms with E-state index in [4.69, 9.17) is 18.9 Å². The molecule has 0 spiro atoms. The summed E-state index contributed by atoms with van der Waals surface area (Å²) in [6, 6.07) is 6.67. The van der Waals surface area contributed by atoms with E-state index in [0.29, 0.717) is 11.1 Å². The van der Waals surface area contributed by atoms with E-state index in [1.165, 1.54) is 21.3 Å². The predicted octanol–water partition coefficient (Wildman–Crippen LogP) is 0.659. The second-order valence-electron chi connectivity index (χ2n) is 5.37. The van der Waals surface area contributed by atoms with Crippen LogP contribution in [0.1, 0.15) is 15.9 Å². The Labute approximate surface area is 132 Å². The molecule has 3 rings (SSSR count). The van der Waals surface area contributed by atoms with Gasteiger partial charge in [0.15, 0.2) is 5.78 Å². The molecule has 1 fully saturated rings. The molecule has 7 heteroatoms. The van der Waals surface area contributed by atoms with E-state index in [-0.39, 0.29) is 5.78 Å². The zero-order valence-electron chi connectivity index (χ0n) is 12.9. The fourth-order valence-electron chi connectivity index (χ4n) is 3.46. The van der Waals surface area contributed by atoms with Crippen molar-refractivity contribution >= 4 is 17.7 Å². The van der Waals surface area contributed by atoms with Crippen LogP contribution in [0.5, 0.6) is 0 Å². The fraction of sp³-hybridized carbons (Fsp3) is 0.438. The van der Waals surface area contributed by atoms with Gasteiger partial charge >= 0.3 is 11.9 Å². The number of rotatable bonds is 3. The van der Waals surface area contributed by atoms with Crippen LogP contribution in [-0.2, 0) is 34.3 Å². The van der Waals surface area contributed by atoms with Crippen molar-refractivity contribution < 1.29 is 33.3 Å². The van der Waals surface area contributed by atoms with E-state index in [0.717, 1.165) is 0 Å². The third-order valence-corrected chi connectivity index (χ3v) is 4.45. The third-order valence-electron chi connectivity index (χ3n) is 4.45. The monoisotopic (exact) mass is 320 g/mol. The molecule has 0 saturated carbocycles. The maximum absolute atomic E-state index is 12.7. The molecule has 0 aliphatic carbocycles. The number of benzene rings is 1. The molecular weight excluding hydrogens is 304 g/mol. The maximum atomic E-state index is 12.7. The molecule has 2 aliphatic rings. The molecule has 2 bridgehead atoms. The molecule has 2 aliphatic heterocycles. The van der Waals surface area contributed by atoms with Crippen LogP contribution >= 0.6 is 0 Å². The Morgan fingerprint density at radius 2 is 1.74 bits per heavy atom. The zero-order valence-corrected chi connectivity index (χ0v) is 12.9. The SMILES string of the molecule is COC(=O)[C@@H]1[C@@H](C(=O)OC)[C@]2(OC)O[C@H]1C(=O)c1ccccc12. The van der Waals surface area contributed by atoms with Gasteiger partial charge in [0.2, 0.25) is 5.79 Å². The minimum Gasteiger partial charge on any atom is -0.469 e. The highest BCUT2D eigenvalue weighted by Gasteiger charge is 2.68. The normalized spacial score (nSPS) is 31.4. The number of ether oxygens (including phenoxy) is 4. The van der Waals surface area contributed by atoms with Crippen LogP contribution in [0.15, 0.2) is 24.3 Å². The molecule has 1 aromatic carbocycles. The quantitative estimate of drug-likeness (QED) is 0.756. The summed E-state index contributed by atoms with van der Waals surface area (Å²) in [5, 5.41) is 0. The topological polar surface area (TPSA) is 88.1 Å². The van der Waals surface area contributed by atoms with E-state index >= 15 is 0 Å². The van der Waals surface area contributed by atoms with Gasteiger partial charge in [0.25, 0.3) is 0 Å². The summed E-state index contributed by atoms with van der Waals surface area (Å²) in [7, 11) is 3.76. The minimum atomic E-state index is -1.55. The van der Waals surface area contributed by atoms with E-state index in [9.17, 15) is 14.4 Å². The lowest BCUT2D eigenvalue weighted by Crippen LogP contribution is -2.44. The number of carbonyl (C=O) groups excluding carboxylic acids is 3. The van der Waals surface area contributed by atoms with E-state index in [1.807, 2.05) is 0 Å². The first-order valence-electron chi connectivity index (χ1n) is 7.04. The van der Waals surface area contributed by atoms with Crippen LogP contribution < -0.4 is 0 Å². The van der Waals surface area contributed by atoms with Gasteiger partial charge in [-0.05, 0) is 0 Å². The molecule has 7 nitrogen and oxygen atoms in total. The highest BCUT2D eigenvalue weighted by atomic mass is 16.7. The number of carbonyl (C=O) groups is 3. The Bertz CT molecular complexity index is 683. The second kappa shape index (κ2) is 5.43. The smallest absolute Gasteiger partial charge is 0.315 e. The Hall–Kier alpha value is -2.25. The molecule has 0 amide bonds. The first-order chi connectivity index (χ1) is 11.0. The summed E-state index contributed by atoms with van der Waals surface area (Å²) in [5.74, 6) is -5.62. The van der Waals surface area contributed by atoms with Gasteiger partial charge < -0.3 is 18.9 Å². The average Bonchev–Trinajstić information content (AvgIpc) is 2.92. The number of methoxy groups -OCH3 is 3. The first kappa shape index (κ1) is 15.6. The largest absolute Gasteiger partial charge is 0.469 e. The number of Topliss-reactive ketones (excluding diaryl/α,β-unsaturated/α-hetero) is 1. The summed E-state index contributed by atoms with van der Waals surface area (Å²) < 4.78 is 20.9. The molecule has 23 heavy (non-hydrogen) atoms. The summed E-state index contributed by atoms with van der Waals surface area (Å²) in [4.78, 5) is 37.3. The van der Waals surface area contributed by atoms with Crippen molar-refractivity contribution in [3.8, 4) is 0 Å². The Balaban J connectivity index is 2.26. The van der Waals surface area contributed by atoms with Gasteiger partial charge in [0, 0.05) is 18.2 Å². The lowest BCUT2D eigenvalue weighted by molar-refractivity contribution is -0.240. The molecule has 2 heterocycles. The van der Waals surface area contributed by atoms with Crippen LogP contribution in [0, 0.1) is 11.8 Å². The van der Waals surface area contributed by atoms with Gasteiger partial charge in [0.1, 0.15) is 17.9 Å². The predicted molar refractivity (Wildman–Crippen MR) is 75.3 cm³/mol. The number of ketones is 1. The summed E-state index contributed by atoms with van der Waals surface area (Å²) in [6.45, 7) is 0. The van der Waals surface area contributed by atoms with Gasteiger partial charge in [-0.15, -0.1) is 0 Å². The van der Waals surface area contributed by atoms with Gasteiger partial charge in [0.05, 0.1) is 14.2 Å². The summed E-state index contributed by atoms with van der Waals surface area (Å²) >= 11 is 0. The first-order valence-corrected chi connectivity index (χ1v) is 7.04. The van der Waals surface area contributed by atoms with Crippen molar-refractivity contribution in [2.24, 2.45) is 11.8 Å². The van der Waals surface area contributed by atoms with Crippen LogP contribution in [0.4, 0.5) is 0 Å². The van der Waals surface area contributed by atoms with Crippen LogP contribution in [0.3, 0.4) is 0 Å². The number of esters is 2. The molecule has 1 saturated heterocycles. The highest BCUT2D eigenvalue weighted by molar-refractivity contribution is 6.06. The van der Waals surface area contributed by atoms with E-state index < -0.39 is 35.7 Å². The standard InChI is InChI=1S/C16H16O7/c1-20-14(18)10-11(15(19)21-2)16(22-3)9-7-5-4-6-8(9)12(17)13(10)23-16/h4-7,10-11,13H,1-3H3/t10-,11+,13-,16-/m1/s1. The molecular formula is C16H16O7. The number of fused-ring (bicyclic) bond motifs is 4. The average molecular weight is 320 g/mol. The maximum Gasteiger partial charge on any atom is 0.315 e. The molecule has 1 aromatic rings. The van der Waals surface area contributed by atoms with Gasteiger partial charge in [-0.25, -0.2) is 0 Å². The Morgan fingerprint density at radius 1 is 1.09 bits per heavy atom. The molecule has 0 unspecified atom stereocenters. The van der Waals surface area contributed by atoms with E-state index in [1.54, 1.807) is 24.3 Å². The van der Waals surface area contributed by atoms with E-state index in [2.05, 4.69) is 0 Å². The molecule has 4 atom stereocenters. The highest BCUT2D eigenvalue weighted by Crippen LogP contribution is 2.53. The number of hydrogen-bond acceptors (Lipinski definition) is 7. The van der Waals surface area contributed by atoms with Crippen molar-refractivity contribution in [2.45, 2.75) is 11.9 Å². The summed E-state index contributed by atoms with van der Waals surface area (Å²) in [5.41, 5.74) is 0.774. The van der Waals surface area contributed by atoms with Crippen LogP contribution in [-0.4, -0.2) is 45.2 Å². The molecule has 0 radical (unpaired) electrons. The van der Waals surface area contributed by atoms with Crippen LogP contribution in [0.2, 0.25) is 0 Å². The zero-order chi connectivity index (χ0) is 16.8. The van der Waals surface area contributed by atoms with Crippen molar-refractivity contribution in [1.82, 2.24) is 0 Å². The second-order valence-corrected chi connectivity index (χ2v) is 5.37. The molecule has 0 aromatic heterocycles. The molecule has 122 valence electrons. The van der Waals surface area contributed by atoms with Gasteiger partial charge in [-0.1, -0.05) is 24.3 Å². The molecule has 0 N–H and O–H groups in total. The van der Waals surface area contributed by atoms with Crippen LogP contribution in [0.25, 0.3) is 0 Å². The van der Waals surface area contributed by atoms with Crippen molar-refractivity contribution in [2.75, 3.05) is 21.3 Å². The van der Waals surface area contributed by atoms with Crippen molar-refractivity contribution in [3.63, 3.8) is 0 Å². The Kier molecular flexibility index (Phi) is 3.69. The summed E-state index contributed by atoms with van der Waals surface area (Å²) in [6.07, 6.45) is -1.15. The fourth-order valence-corrected chi connectivity index (χ4v) is 3.46. The van der Waals surface area contributed by atoms with Gasteiger partial charge in [-0.2, -0.15) is 0 Å². The van der Waals surface area contributed by atoms with Crippen molar-refractivity contribution in [1.29, 1.82) is 0 Å². The number of hydrogen-bond donors (Lipinski definition) is 0. The van der Waals surface area contributed by atoms with Crippen molar-refractivity contribution in [3.05, 3.63) is 35.4 Å². The Morgan fingerprint density at radius 3 is 2.35 bits per heavy atom. The minimum absolute atomic E-state index is 0.367. The third kappa shape index (κ3) is 1.93. The van der Waals surface area contributed by atoms with Gasteiger partial charge in [-0.3, -0.25) is 14.4 Å². The lowest BCUT2D eigenvalue weighted by atomic mass is 9.84. The lowest BCUT2D eigenvalue weighted by Gasteiger charge is -2.35.